The highest BCUT2D eigenvalue weighted by Gasteiger charge is 2.44. The third kappa shape index (κ3) is 3.84. The van der Waals surface area contributed by atoms with E-state index in [2.05, 4.69) is 14.9 Å². The van der Waals surface area contributed by atoms with E-state index in [1.807, 2.05) is 30.3 Å². The van der Waals surface area contributed by atoms with Gasteiger partial charge in [-0.1, -0.05) is 35.9 Å². The average molecular weight is 515 g/mol. The summed E-state index contributed by atoms with van der Waals surface area (Å²) in [5.74, 6) is -0.135. The summed E-state index contributed by atoms with van der Waals surface area (Å²) < 4.78 is 5.28. The van der Waals surface area contributed by atoms with Crippen molar-refractivity contribution in [3.8, 4) is 5.75 Å². The van der Waals surface area contributed by atoms with E-state index >= 15 is 0 Å². The van der Waals surface area contributed by atoms with Gasteiger partial charge >= 0.3 is 0 Å². The Balaban J connectivity index is 1.35. The van der Waals surface area contributed by atoms with Crippen molar-refractivity contribution in [3.05, 3.63) is 88.7 Å². The Labute approximate surface area is 217 Å². The lowest BCUT2D eigenvalue weighted by Gasteiger charge is -2.44. The number of hydrogen-bond acceptors (Lipinski definition) is 6. The molecule has 1 fully saturated rings. The van der Waals surface area contributed by atoms with Crippen LogP contribution < -0.4 is 9.64 Å². The lowest BCUT2D eigenvalue weighted by molar-refractivity contribution is -0.120. The SMILES string of the molecule is O=COc1cnc2[nH]ccc2c1N1CCC(CN2C(=O)c3ccccc3C2=O)(c2ccc(Cl)cc2)CC1. The number of H-pyrrole nitrogens is 1. The minimum atomic E-state index is -0.468. The molecule has 1 saturated heterocycles. The molecular weight excluding hydrogens is 492 g/mol. The quantitative estimate of drug-likeness (QED) is 0.299. The molecule has 2 aromatic carbocycles. The van der Waals surface area contributed by atoms with Crippen molar-refractivity contribution in [2.24, 2.45) is 0 Å². The minimum Gasteiger partial charge on any atom is -0.425 e. The van der Waals surface area contributed by atoms with Gasteiger partial charge < -0.3 is 14.6 Å². The van der Waals surface area contributed by atoms with Gasteiger partial charge in [0.2, 0.25) is 0 Å². The molecule has 2 aromatic heterocycles. The van der Waals surface area contributed by atoms with Crippen LogP contribution in [-0.2, 0) is 10.2 Å². The van der Waals surface area contributed by atoms with Gasteiger partial charge in [-0.25, -0.2) is 4.98 Å². The predicted octanol–water partition coefficient (Wildman–Crippen LogP) is 4.59. The van der Waals surface area contributed by atoms with Crippen molar-refractivity contribution in [1.29, 1.82) is 0 Å². The molecule has 1 N–H and O–H groups in total. The number of nitrogens with one attached hydrogen (secondary N) is 1. The first-order valence-corrected chi connectivity index (χ1v) is 12.4. The van der Waals surface area contributed by atoms with E-state index in [9.17, 15) is 14.4 Å². The monoisotopic (exact) mass is 514 g/mol. The van der Waals surface area contributed by atoms with Crippen molar-refractivity contribution in [2.45, 2.75) is 18.3 Å². The number of fused-ring (bicyclic) bond motifs is 2. The van der Waals surface area contributed by atoms with Gasteiger partial charge in [0.1, 0.15) is 5.65 Å². The van der Waals surface area contributed by atoms with Gasteiger partial charge in [-0.3, -0.25) is 19.3 Å². The van der Waals surface area contributed by atoms with E-state index in [1.54, 1.807) is 36.7 Å². The smallest absolute Gasteiger partial charge is 0.298 e. The van der Waals surface area contributed by atoms with Crippen LogP contribution in [0, 0.1) is 0 Å². The zero-order chi connectivity index (χ0) is 25.6. The number of carbonyl (C=O) groups excluding carboxylic acids is 3. The Morgan fingerprint density at radius 1 is 1.00 bits per heavy atom. The van der Waals surface area contributed by atoms with Crippen molar-refractivity contribution in [3.63, 3.8) is 0 Å². The second-order valence-corrected chi connectivity index (χ2v) is 9.88. The molecule has 37 heavy (non-hydrogen) atoms. The van der Waals surface area contributed by atoms with Crippen molar-refractivity contribution in [1.82, 2.24) is 14.9 Å². The molecular formula is C28H23ClN4O4. The maximum atomic E-state index is 13.2. The van der Waals surface area contributed by atoms with E-state index in [4.69, 9.17) is 16.3 Å². The molecule has 0 atom stereocenters. The Bertz CT molecular complexity index is 1490. The number of aromatic nitrogens is 2. The molecule has 2 aliphatic rings. The van der Waals surface area contributed by atoms with Gasteiger partial charge in [0.05, 0.1) is 23.0 Å². The number of nitrogens with zero attached hydrogens (tertiary/aromatic N) is 3. The number of ether oxygens (including phenoxy) is 1. The van der Waals surface area contributed by atoms with Gasteiger partial charge in [-0.05, 0) is 48.7 Å². The Kier molecular flexibility index (Phi) is 5.68. The third-order valence-corrected chi connectivity index (χ3v) is 7.78. The van der Waals surface area contributed by atoms with Crippen LogP contribution in [0.2, 0.25) is 5.02 Å². The van der Waals surface area contributed by atoms with E-state index < -0.39 is 5.41 Å². The first-order valence-electron chi connectivity index (χ1n) is 12.0. The lowest BCUT2D eigenvalue weighted by atomic mass is 9.72. The Morgan fingerprint density at radius 2 is 1.68 bits per heavy atom. The van der Waals surface area contributed by atoms with Crippen molar-refractivity contribution in [2.75, 3.05) is 24.5 Å². The lowest BCUT2D eigenvalue weighted by Crippen LogP contribution is -2.50. The molecule has 4 heterocycles. The highest BCUT2D eigenvalue weighted by atomic mass is 35.5. The summed E-state index contributed by atoms with van der Waals surface area (Å²) in [5.41, 5.74) is 2.94. The number of benzene rings is 2. The van der Waals surface area contributed by atoms with Crippen LogP contribution >= 0.6 is 11.6 Å². The maximum absolute atomic E-state index is 13.2. The average Bonchev–Trinajstić information content (AvgIpc) is 3.49. The molecule has 186 valence electrons. The summed E-state index contributed by atoms with van der Waals surface area (Å²) in [6, 6.07) is 16.5. The highest BCUT2D eigenvalue weighted by molar-refractivity contribution is 6.30. The summed E-state index contributed by atoms with van der Waals surface area (Å²) in [5, 5.41) is 1.48. The molecule has 8 nitrogen and oxygen atoms in total. The number of imide groups is 1. The predicted molar refractivity (Wildman–Crippen MR) is 139 cm³/mol. The molecule has 0 bridgehead atoms. The zero-order valence-electron chi connectivity index (χ0n) is 19.8. The minimum absolute atomic E-state index is 0.263. The summed E-state index contributed by atoms with van der Waals surface area (Å²) in [4.78, 5) is 48.7. The summed E-state index contributed by atoms with van der Waals surface area (Å²) >= 11 is 6.19. The Hall–Kier alpha value is -4.17. The van der Waals surface area contributed by atoms with Crippen LogP contribution in [0.15, 0.2) is 67.0 Å². The molecule has 0 spiro atoms. The number of anilines is 1. The van der Waals surface area contributed by atoms with Gasteiger partial charge in [-0.15, -0.1) is 0 Å². The molecule has 4 aromatic rings. The van der Waals surface area contributed by atoms with E-state index in [0.29, 0.717) is 59.9 Å². The fourth-order valence-electron chi connectivity index (χ4n) is 5.63. The summed E-state index contributed by atoms with van der Waals surface area (Å²) in [6.07, 6.45) is 4.67. The molecule has 0 aliphatic carbocycles. The normalized spacial score (nSPS) is 16.8. The number of aromatic amines is 1. The first kappa shape index (κ1) is 23.2. The van der Waals surface area contributed by atoms with Gasteiger partial charge in [0, 0.05) is 41.7 Å². The number of piperidine rings is 1. The zero-order valence-corrected chi connectivity index (χ0v) is 20.6. The van der Waals surface area contributed by atoms with Crippen LogP contribution in [0.3, 0.4) is 0 Å². The highest BCUT2D eigenvalue weighted by Crippen LogP contribution is 2.43. The van der Waals surface area contributed by atoms with E-state index in [-0.39, 0.29) is 18.4 Å². The molecule has 6 rings (SSSR count). The fraction of sp³-hybridized carbons (Fsp3) is 0.214. The largest absolute Gasteiger partial charge is 0.425 e. The number of amides is 2. The molecule has 2 amide bonds. The van der Waals surface area contributed by atoms with Crippen LogP contribution in [0.25, 0.3) is 11.0 Å². The van der Waals surface area contributed by atoms with Crippen LogP contribution in [0.5, 0.6) is 5.75 Å². The molecule has 2 aliphatic heterocycles. The number of halogens is 1. The number of carbonyl (C=O) groups is 3. The number of rotatable bonds is 6. The second kappa shape index (κ2) is 9.05. The van der Waals surface area contributed by atoms with Crippen LogP contribution in [0.1, 0.15) is 39.1 Å². The summed E-state index contributed by atoms with van der Waals surface area (Å²) in [7, 11) is 0. The van der Waals surface area contributed by atoms with Crippen LogP contribution in [0.4, 0.5) is 5.69 Å². The molecule has 0 radical (unpaired) electrons. The first-order chi connectivity index (χ1) is 18.0. The fourth-order valence-corrected chi connectivity index (χ4v) is 5.75. The maximum Gasteiger partial charge on any atom is 0.298 e. The molecule has 0 saturated carbocycles. The van der Waals surface area contributed by atoms with E-state index in [1.165, 1.54) is 4.90 Å². The topological polar surface area (TPSA) is 95.6 Å². The number of hydrogen-bond donors (Lipinski definition) is 1. The molecule has 0 unspecified atom stereocenters. The van der Waals surface area contributed by atoms with Gasteiger partial charge in [-0.2, -0.15) is 0 Å². The third-order valence-electron chi connectivity index (χ3n) is 7.53. The Morgan fingerprint density at radius 3 is 2.32 bits per heavy atom. The van der Waals surface area contributed by atoms with E-state index in [0.717, 1.165) is 16.6 Å². The van der Waals surface area contributed by atoms with Gasteiger partial charge in [0.25, 0.3) is 18.3 Å². The van der Waals surface area contributed by atoms with Crippen LogP contribution in [-0.4, -0.2) is 52.8 Å². The standard InChI is InChI=1S/C28H23ClN4O4/c29-19-7-5-18(6-8-19)28(16-33-26(35)20-3-1-2-4-21(20)27(33)36)10-13-32(14-11-28)24-22-9-12-30-25(22)31-15-23(24)37-17-34/h1-9,12,15,17H,10-11,13-14,16H2,(H,30,31). The number of pyridine rings is 1. The van der Waals surface area contributed by atoms with Gasteiger partial charge in [0.15, 0.2) is 5.75 Å². The molecule has 9 heteroatoms. The van der Waals surface area contributed by atoms with Crippen molar-refractivity contribution >= 4 is 46.6 Å². The van der Waals surface area contributed by atoms with Crippen molar-refractivity contribution < 1.29 is 19.1 Å². The summed E-state index contributed by atoms with van der Waals surface area (Å²) in [6.45, 7) is 1.91. The second-order valence-electron chi connectivity index (χ2n) is 9.44.